The van der Waals surface area contributed by atoms with Crippen molar-refractivity contribution in [2.24, 2.45) is 5.16 Å². The quantitative estimate of drug-likeness (QED) is 0.618. The van der Waals surface area contributed by atoms with E-state index in [9.17, 15) is 13.6 Å². The maximum absolute atomic E-state index is 13.7. The lowest BCUT2D eigenvalue weighted by atomic mass is 10.0. The van der Waals surface area contributed by atoms with Gasteiger partial charge in [0.1, 0.15) is 19.5 Å². The van der Waals surface area contributed by atoms with Gasteiger partial charge in [0.05, 0.1) is 0 Å². The number of hydrogen-bond acceptors (Lipinski definition) is 4. The van der Waals surface area contributed by atoms with Crippen molar-refractivity contribution in [2.75, 3.05) is 13.7 Å². The molecular formula is C18H18F2N2O3. The standard InChI is InChI=1S/C18H18F2N2O3/c1-3-21-18(23)17(22-24-2)14-7-5-4-6-12(14)11-25-16-9-8-13(19)10-15(16)20/h4-10H,3,11H2,1-2H3,(H,21,23). The van der Waals surface area contributed by atoms with Crippen LogP contribution in [0.5, 0.6) is 5.75 Å². The summed E-state index contributed by atoms with van der Waals surface area (Å²) in [6.45, 7) is 2.19. The molecule has 132 valence electrons. The van der Waals surface area contributed by atoms with Gasteiger partial charge in [-0.3, -0.25) is 4.79 Å². The Labute approximate surface area is 144 Å². The highest BCUT2D eigenvalue weighted by Crippen LogP contribution is 2.20. The van der Waals surface area contributed by atoms with E-state index in [0.29, 0.717) is 17.7 Å². The largest absolute Gasteiger partial charge is 0.486 e. The summed E-state index contributed by atoms with van der Waals surface area (Å²) >= 11 is 0. The van der Waals surface area contributed by atoms with E-state index in [0.717, 1.165) is 12.1 Å². The molecule has 25 heavy (non-hydrogen) atoms. The van der Waals surface area contributed by atoms with Crippen LogP contribution in [0, 0.1) is 11.6 Å². The first kappa shape index (κ1) is 18.4. The molecule has 2 aromatic carbocycles. The van der Waals surface area contributed by atoms with Gasteiger partial charge in [0, 0.05) is 18.2 Å². The predicted octanol–water partition coefficient (Wildman–Crippen LogP) is 3.03. The lowest BCUT2D eigenvalue weighted by molar-refractivity contribution is -0.114. The fraction of sp³-hybridized carbons (Fsp3) is 0.222. The molecule has 2 aromatic rings. The molecule has 0 bridgehead atoms. The summed E-state index contributed by atoms with van der Waals surface area (Å²) in [4.78, 5) is 16.9. The molecule has 0 unspecified atom stereocenters. The predicted molar refractivity (Wildman–Crippen MR) is 89.4 cm³/mol. The summed E-state index contributed by atoms with van der Waals surface area (Å²) in [6.07, 6.45) is 0. The molecule has 0 aliphatic heterocycles. The molecule has 0 aliphatic rings. The van der Waals surface area contributed by atoms with Gasteiger partial charge in [0.15, 0.2) is 17.3 Å². The Morgan fingerprint density at radius 1 is 1.20 bits per heavy atom. The monoisotopic (exact) mass is 348 g/mol. The third-order valence-corrected chi connectivity index (χ3v) is 3.28. The minimum absolute atomic E-state index is 0.0269. The second-order valence-corrected chi connectivity index (χ2v) is 5.00. The molecule has 7 heteroatoms. The number of likely N-dealkylation sites (N-methyl/N-ethyl adjacent to an activating group) is 1. The van der Waals surface area contributed by atoms with E-state index in [2.05, 4.69) is 10.5 Å². The van der Waals surface area contributed by atoms with Crippen molar-refractivity contribution in [3.05, 3.63) is 65.2 Å². The van der Waals surface area contributed by atoms with Crippen LogP contribution >= 0.6 is 0 Å². The molecule has 0 fully saturated rings. The van der Waals surface area contributed by atoms with Crippen LogP contribution in [0.3, 0.4) is 0 Å². The van der Waals surface area contributed by atoms with Crippen LogP contribution in [0.2, 0.25) is 0 Å². The molecule has 5 nitrogen and oxygen atoms in total. The third-order valence-electron chi connectivity index (χ3n) is 3.28. The number of oxime groups is 1. The molecule has 2 rings (SSSR count). The summed E-state index contributed by atoms with van der Waals surface area (Å²) in [5, 5.41) is 6.44. The molecule has 0 heterocycles. The molecule has 0 aromatic heterocycles. The molecule has 0 aliphatic carbocycles. The number of nitrogens with one attached hydrogen (secondary N) is 1. The number of ether oxygens (including phenoxy) is 1. The fourth-order valence-corrected chi connectivity index (χ4v) is 2.17. The van der Waals surface area contributed by atoms with E-state index >= 15 is 0 Å². The summed E-state index contributed by atoms with van der Waals surface area (Å²) in [7, 11) is 1.34. The maximum Gasteiger partial charge on any atom is 0.273 e. The number of nitrogens with zero attached hydrogens (tertiary/aromatic N) is 1. The van der Waals surface area contributed by atoms with Crippen molar-refractivity contribution in [2.45, 2.75) is 13.5 Å². The second kappa shape index (κ2) is 8.77. The molecule has 0 saturated heterocycles. The minimum Gasteiger partial charge on any atom is -0.486 e. The van der Waals surface area contributed by atoms with Crippen LogP contribution in [0.15, 0.2) is 47.6 Å². The topological polar surface area (TPSA) is 59.9 Å². The van der Waals surface area contributed by atoms with Crippen LogP contribution in [0.4, 0.5) is 8.78 Å². The van der Waals surface area contributed by atoms with E-state index in [1.165, 1.54) is 13.2 Å². The van der Waals surface area contributed by atoms with Crippen molar-refractivity contribution < 1.29 is 23.1 Å². The van der Waals surface area contributed by atoms with Gasteiger partial charge in [-0.05, 0) is 24.6 Å². The number of benzene rings is 2. The van der Waals surface area contributed by atoms with Crippen LogP contribution in [-0.2, 0) is 16.2 Å². The average molecular weight is 348 g/mol. The summed E-state index contributed by atoms with van der Waals surface area (Å²) in [6, 6.07) is 9.97. The number of hydrogen-bond donors (Lipinski definition) is 1. The highest BCUT2D eigenvalue weighted by Gasteiger charge is 2.18. The molecule has 1 amide bonds. The van der Waals surface area contributed by atoms with Crippen LogP contribution in [0.1, 0.15) is 18.1 Å². The summed E-state index contributed by atoms with van der Waals surface area (Å²) in [5.74, 6) is -1.97. The van der Waals surface area contributed by atoms with E-state index in [-0.39, 0.29) is 18.1 Å². The van der Waals surface area contributed by atoms with Crippen molar-refractivity contribution >= 4 is 11.6 Å². The van der Waals surface area contributed by atoms with E-state index in [1.807, 2.05) is 0 Å². The zero-order chi connectivity index (χ0) is 18.2. The van der Waals surface area contributed by atoms with Gasteiger partial charge in [-0.2, -0.15) is 0 Å². The first-order valence-electron chi connectivity index (χ1n) is 7.62. The normalized spacial score (nSPS) is 11.1. The summed E-state index contributed by atoms with van der Waals surface area (Å²) < 4.78 is 32.1. The lowest BCUT2D eigenvalue weighted by Crippen LogP contribution is -2.32. The Kier molecular flexibility index (Phi) is 6.45. The highest BCUT2D eigenvalue weighted by atomic mass is 19.1. The Balaban J connectivity index is 2.27. The molecular weight excluding hydrogens is 330 g/mol. The van der Waals surface area contributed by atoms with Crippen molar-refractivity contribution in [1.82, 2.24) is 5.32 Å². The van der Waals surface area contributed by atoms with Crippen molar-refractivity contribution in [1.29, 1.82) is 0 Å². The van der Waals surface area contributed by atoms with Crippen LogP contribution in [-0.4, -0.2) is 25.3 Å². The Morgan fingerprint density at radius 3 is 2.64 bits per heavy atom. The molecule has 0 radical (unpaired) electrons. The molecule has 0 saturated carbocycles. The van der Waals surface area contributed by atoms with Gasteiger partial charge in [0.2, 0.25) is 0 Å². The number of amides is 1. The van der Waals surface area contributed by atoms with E-state index in [1.54, 1.807) is 31.2 Å². The van der Waals surface area contributed by atoms with Crippen LogP contribution in [0.25, 0.3) is 0 Å². The average Bonchev–Trinajstić information content (AvgIpc) is 2.59. The Bertz CT molecular complexity index is 779. The first-order valence-corrected chi connectivity index (χ1v) is 7.62. The zero-order valence-corrected chi connectivity index (χ0v) is 13.9. The number of rotatable bonds is 7. The van der Waals surface area contributed by atoms with E-state index in [4.69, 9.17) is 9.57 Å². The first-order chi connectivity index (χ1) is 12.1. The number of carbonyl (C=O) groups excluding carboxylic acids is 1. The van der Waals surface area contributed by atoms with Crippen LogP contribution < -0.4 is 10.1 Å². The molecule has 1 N–H and O–H groups in total. The highest BCUT2D eigenvalue weighted by molar-refractivity contribution is 6.45. The van der Waals surface area contributed by atoms with E-state index < -0.39 is 17.5 Å². The van der Waals surface area contributed by atoms with Gasteiger partial charge in [0.25, 0.3) is 5.91 Å². The molecule has 0 spiro atoms. The lowest BCUT2D eigenvalue weighted by Gasteiger charge is -2.13. The van der Waals surface area contributed by atoms with Crippen molar-refractivity contribution in [3.8, 4) is 5.75 Å². The van der Waals surface area contributed by atoms with Gasteiger partial charge >= 0.3 is 0 Å². The smallest absolute Gasteiger partial charge is 0.273 e. The SMILES string of the molecule is CCNC(=O)C(=NOC)c1ccccc1COc1ccc(F)cc1F. The Hall–Kier alpha value is -2.96. The summed E-state index contributed by atoms with van der Waals surface area (Å²) in [5.41, 5.74) is 1.19. The minimum atomic E-state index is -0.799. The molecule has 0 atom stereocenters. The van der Waals surface area contributed by atoms with Gasteiger partial charge in [-0.15, -0.1) is 0 Å². The van der Waals surface area contributed by atoms with Crippen molar-refractivity contribution in [3.63, 3.8) is 0 Å². The third kappa shape index (κ3) is 4.76. The zero-order valence-electron chi connectivity index (χ0n) is 13.9. The number of carbonyl (C=O) groups is 1. The Morgan fingerprint density at radius 2 is 1.96 bits per heavy atom. The number of halogens is 2. The maximum atomic E-state index is 13.7. The van der Waals surface area contributed by atoms with Gasteiger partial charge in [-0.25, -0.2) is 8.78 Å². The van der Waals surface area contributed by atoms with Gasteiger partial charge in [-0.1, -0.05) is 29.4 Å². The van der Waals surface area contributed by atoms with Gasteiger partial charge < -0.3 is 14.9 Å². The fourth-order valence-electron chi connectivity index (χ4n) is 2.17. The second-order valence-electron chi connectivity index (χ2n) is 5.00.